The molecule has 0 bridgehead atoms. The van der Waals surface area contributed by atoms with Crippen LogP contribution in [0.2, 0.25) is 5.02 Å². The number of carbonyl (C=O) groups is 2. The van der Waals surface area contributed by atoms with Crippen LogP contribution in [0.15, 0.2) is 18.2 Å². The lowest BCUT2D eigenvalue weighted by Crippen LogP contribution is -2.46. The number of hydrogen-bond acceptors (Lipinski definition) is 3. The third-order valence-corrected chi connectivity index (χ3v) is 3.08. The lowest BCUT2D eigenvalue weighted by atomic mass is 10.1. The molecule has 1 aliphatic heterocycles. The molecule has 1 amide bonds. The van der Waals surface area contributed by atoms with Gasteiger partial charge in [-0.05, 0) is 24.6 Å². The predicted molar refractivity (Wildman–Crippen MR) is 66.0 cm³/mol. The van der Waals surface area contributed by atoms with Crippen molar-refractivity contribution in [2.75, 3.05) is 18.1 Å². The number of aryl methyl sites for hydroxylation is 1. The van der Waals surface area contributed by atoms with Gasteiger partial charge < -0.3 is 9.84 Å². The summed E-state index contributed by atoms with van der Waals surface area (Å²) in [6.07, 6.45) is -0.544. The van der Waals surface area contributed by atoms with E-state index in [2.05, 4.69) is 0 Å². The van der Waals surface area contributed by atoms with Crippen molar-refractivity contribution < 1.29 is 19.4 Å². The molecule has 0 spiro atoms. The Hall–Kier alpha value is -1.75. The van der Waals surface area contributed by atoms with Gasteiger partial charge in [-0.3, -0.25) is 9.69 Å². The van der Waals surface area contributed by atoms with Gasteiger partial charge in [0.05, 0.1) is 5.69 Å². The number of cyclic esters (lactones) is 1. The number of carboxylic acid groups (broad SMARTS) is 1. The largest absolute Gasteiger partial charge is 0.481 e. The van der Waals surface area contributed by atoms with Crippen molar-refractivity contribution in [2.24, 2.45) is 5.92 Å². The Bertz CT molecular complexity index is 503. The normalized spacial score (nSPS) is 19.6. The highest BCUT2D eigenvalue weighted by molar-refractivity contribution is 6.31. The molecule has 1 heterocycles. The fraction of sp³-hybridized carbons (Fsp3) is 0.333. The first kappa shape index (κ1) is 12.7. The SMILES string of the molecule is Cc1ccc(Cl)cc1N1CC(C(=O)O)COC1=O. The molecule has 1 saturated heterocycles. The molecule has 96 valence electrons. The van der Waals surface area contributed by atoms with E-state index in [1.807, 2.05) is 6.92 Å². The maximum absolute atomic E-state index is 11.7. The van der Waals surface area contributed by atoms with Crippen molar-refractivity contribution in [1.29, 1.82) is 0 Å². The average Bonchev–Trinajstić information content (AvgIpc) is 2.33. The van der Waals surface area contributed by atoms with Gasteiger partial charge in [-0.2, -0.15) is 0 Å². The fourth-order valence-corrected chi connectivity index (χ4v) is 1.98. The second-order valence-corrected chi connectivity index (χ2v) is 4.59. The minimum absolute atomic E-state index is 0.0926. The maximum atomic E-state index is 11.7. The van der Waals surface area contributed by atoms with E-state index in [0.29, 0.717) is 10.7 Å². The van der Waals surface area contributed by atoms with Crippen LogP contribution in [0.5, 0.6) is 0 Å². The number of carboxylic acids is 1. The average molecular weight is 270 g/mol. The Morgan fingerprint density at radius 1 is 1.56 bits per heavy atom. The molecule has 1 aliphatic rings. The number of hydrogen-bond donors (Lipinski definition) is 1. The minimum atomic E-state index is -0.979. The van der Waals surface area contributed by atoms with E-state index < -0.39 is 18.0 Å². The van der Waals surface area contributed by atoms with E-state index in [0.717, 1.165) is 5.56 Å². The molecule has 6 heteroatoms. The van der Waals surface area contributed by atoms with E-state index in [9.17, 15) is 9.59 Å². The van der Waals surface area contributed by atoms with Gasteiger partial charge in [-0.15, -0.1) is 0 Å². The molecule has 0 radical (unpaired) electrons. The summed E-state index contributed by atoms with van der Waals surface area (Å²) in [5.74, 6) is -1.70. The Labute approximate surface area is 109 Å². The number of benzene rings is 1. The van der Waals surface area contributed by atoms with Crippen molar-refractivity contribution in [2.45, 2.75) is 6.92 Å². The number of ether oxygens (including phenoxy) is 1. The summed E-state index contributed by atoms with van der Waals surface area (Å²) in [6.45, 7) is 1.82. The van der Waals surface area contributed by atoms with Crippen molar-refractivity contribution in [1.82, 2.24) is 0 Å². The van der Waals surface area contributed by atoms with Crippen molar-refractivity contribution in [3.63, 3.8) is 0 Å². The first-order valence-corrected chi connectivity index (χ1v) is 5.80. The summed E-state index contributed by atoms with van der Waals surface area (Å²) >= 11 is 5.89. The van der Waals surface area contributed by atoms with Crippen LogP contribution < -0.4 is 4.90 Å². The quantitative estimate of drug-likeness (QED) is 0.895. The Balaban J connectivity index is 2.32. The molecule has 1 fully saturated rings. The van der Waals surface area contributed by atoms with Gasteiger partial charge in [0.25, 0.3) is 0 Å². The van der Waals surface area contributed by atoms with Crippen LogP contribution in [0.1, 0.15) is 5.56 Å². The molecule has 18 heavy (non-hydrogen) atoms. The summed E-state index contributed by atoms with van der Waals surface area (Å²) in [4.78, 5) is 23.9. The zero-order valence-electron chi connectivity index (χ0n) is 9.72. The number of aliphatic carboxylic acids is 1. The van der Waals surface area contributed by atoms with Crippen LogP contribution >= 0.6 is 11.6 Å². The summed E-state index contributed by atoms with van der Waals surface area (Å²) in [7, 11) is 0. The molecular weight excluding hydrogens is 258 g/mol. The first-order chi connectivity index (χ1) is 8.49. The molecule has 0 aliphatic carbocycles. The van der Waals surface area contributed by atoms with E-state index in [1.54, 1.807) is 18.2 Å². The summed E-state index contributed by atoms with van der Waals surface area (Å²) in [5, 5.41) is 9.46. The van der Waals surface area contributed by atoms with Crippen molar-refractivity contribution in [3.05, 3.63) is 28.8 Å². The molecule has 0 aromatic heterocycles. The number of rotatable bonds is 2. The molecule has 1 aromatic rings. The Morgan fingerprint density at radius 3 is 2.94 bits per heavy atom. The molecule has 1 atom stereocenters. The highest BCUT2D eigenvalue weighted by Crippen LogP contribution is 2.27. The van der Waals surface area contributed by atoms with Crippen LogP contribution in [0.25, 0.3) is 0 Å². The lowest BCUT2D eigenvalue weighted by Gasteiger charge is -2.31. The van der Waals surface area contributed by atoms with Gasteiger partial charge in [0.2, 0.25) is 0 Å². The number of carbonyl (C=O) groups excluding carboxylic acids is 1. The maximum Gasteiger partial charge on any atom is 0.414 e. The molecule has 0 saturated carbocycles. The van der Waals surface area contributed by atoms with Crippen molar-refractivity contribution in [3.8, 4) is 0 Å². The number of anilines is 1. The van der Waals surface area contributed by atoms with E-state index in [-0.39, 0.29) is 13.2 Å². The van der Waals surface area contributed by atoms with Crippen LogP contribution in [-0.4, -0.2) is 30.3 Å². The van der Waals surface area contributed by atoms with E-state index in [1.165, 1.54) is 4.90 Å². The Morgan fingerprint density at radius 2 is 2.28 bits per heavy atom. The molecule has 5 nitrogen and oxygen atoms in total. The third-order valence-electron chi connectivity index (χ3n) is 2.84. The van der Waals surface area contributed by atoms with Gasteiger partial charge in [0.1, 0.15) is 12.5 Å². The second-order valence-electron chi connectivity index (χ2n) is 4.15. The van der Waals surface area contributed by atoms with Gasteiger partial charge >= 0.3 is 12.1 Å². The molecule has 1 N–H and O–H groups in total. The van der Waals surface area contributed by atoms with Crippen LogP contribution in [-0.2, 0) is 9.53 Å². The molecule has 1 unspecified atom stereocenters. The number of halogens is 1. The van der Waals surface area contributed by atoms with Gasteiger partial charge in [-0.1, -0.05) is 17.7 Å². The molecule has 2 rings (SSSR count). The highest BCUT2D eigenvalue weighted by atomic mass is 35.5. The standard InChI is InChI=1S/C12H12ClNO4/c1-7-2-3-9(13)4-10(7)14-5-8(11(15)16)6-18-12(14)17/h2-4,8H,5-6H2,1H3,(H,15,16). The van der Waals surface area contributed by atoms with Gasteiger partial charge in [-0.25, -0.2) is 4.79 Å². The summed E-state index contributed by atoms with van der Waals surface area (Å²) in [5.41, 5.74) is 1.42. The number of amides is 1. The zero-order valence-corrected chi connectivity index (χ0v) is 10.5. The fourth-order valence-electron chi connectivity index (χ4n) is 1.82. The topological polar surface area (TPSA) is 66.8 Å². The smallest absolute Gasteiger partial charge is 0.414 e. The first-order valence-electron chi connectivity index (χ1n) is 5.42. The van der Waals surface area contributed by atoms with E-state index >= 15 is 0 Å². The number of nitrogens with zero attached hydrogens (tertiary/aromatic N) is 1. The lowest BCUT2D eigenvalue weighted by molar-refractivity contribution is -0.143. The summed E-state index contributed by atoms with van der Waals surface area (Å²) < 4.78 is 4.88. The Kier molecular flexibility index (Phi) is 3.43. The second kappa shape index (κ2) is 4.86. The molecule has 1 aromatic carbocycles. The monoisotopic (exact) mass is 269 g/mol. The van der Waals surface area contributed by atoms with Gasteiger partial charge in [0, 0.05) is 11.6 Å². The van der Waals surface area contributed by atoms with Gasteiger partial charge in [0.15, 0.2) is 0 Å². The van der Waals surface area contributed by atoms with Crippen LogP contribution in [0, 0.1) is 12.8 Å². The zero-order chi connectivity index (χ0) is 13.3. The molecular formula is C12H12ClNO4. The third kappa shape index (κ3) is 2.41. The van der Waals surface area contributed by atoms with Crippen LogP contribution in [0.4, 0.5) is 10.5 Å². The van der Waals surface area contributed by atoms with Crippen LogP contribution in [0.3, 0.4) is 0 Å². The minimum Gasteiger partial charge on any atom is -0.481 e. The van der Waals surface area contributed by atoms with E-state index in [4.69, 9.17) is 21.4 Å². The predicted octanol–water partition coefficient (Wildman–Crippen LogP) is 2.31. The highest BCUT2D eigenvalue weighted by Gasteiger charge is 2.33. The summed E-state index contributed by atoms with van der Waals surface area (Å²) in [6, 6.07) is 5.11. The van der Waals surface area contributed by atoms with Crippen molar-refractivity contribution >= 4 is 29.4 Å².